The highest BCUT2D eigenvalue weighted by Gasteiger charge is 2.18. The van der Waals surface area contributed by atoms with Gasteiger partial charge in [0, 0.05) is 40.7 Å². The molecular formula is C27H21FN4O2S. The lowest BCUT2D eigenvalue weighted by molar-refractivity contribution is 0.575. The summed E-state index contributed by atoms with van der Waals surface area (Å²) in [5.74, 6) is -0.669. The van der Waals surface area contributed by atoms with Crippen molar-refractivity contribution in [2.75, 3.05) is 0 Å². The van der Waals surface area contributed by atoms with Crippen LogP contribution in [0.25, 0.3) is 33.2 Å². The zero-order valence-corrected chi connectivity index (χ0v) is 19.9. The van der Waals surface area contributed by atoms with Gasteiger partial charge >= 0.3 is 0 Å². The Hall–Kier alpha value is -4.04. The molecule has 0 saturated carbocycles. The minimum Gasteiger partial charge on any atom is -0.256 e. The fraction of sp³-hybridized carbons (Fsp3) is 0.111. The van der Waals surface area contributed by atoms with Gasteiger partial charge in [0.25, 0.3) is 0 Å². The first-order chi connectivity index (χ1) is 16.8. The Kier molecular flexibility index (Phi) is 5.82. The summed E-state index contributed by atoms with van der Waals surface area (Å²) in [6.07, 6.45) is 6.07. The monoisotopic (exact) mass is 484 g/mol. The molecule has 3 aromatic heterocycles. The van der Waals surface area contributed by atoms with Gasteiger partial charge in [-0.05, 0) is 60.7 Å². The molecule has 5 aromatic rings. The number of aryl methyl sites for hydroxylation is 2. The van der Waals surface area contributed by atoms with E-state index in [4.69, 9.17) is 0 Å². The van der Waals surface area contributed by atoms with Gasteiger partial charge in [0.05, 0.1) is 22.0 Å². The van der Waals surface area contributed by atoms with Crippen LogP contribution in [-0.2, 0) is 15.6 Å². The Morgan fingerprint density at radius 2 is 1.66 bits per heavy atom. The molecule has 0 fully saturated rings. The highest BCUT2D eigenvalue weighted by atomic mass is 32.2. The summed E-state index contributed by atoms with van der Waals surface area (Å²) in [6.45, 7) is 3.68. The quantitative estimate of drug-likeness (QED) is 0.307. The van der Waals surface area contributed by atoms with Crippen LogP contribution in [0.5, 0.6) is 0 Å². The number of sulfone groups is 1. The predicted octanol–water partition coefficient (Wildman–Crippen LogP) is 5.48. The van der Waals surface area contributed by atoms with Crippen molar-refractivity contribution in [1.29, 1.82) is 0 Å². The number of rotatable bonds is 5. The van der Waals surface area contributed by atoms with Crippen molar-refractivity contribution in [3.05, 3.63) is 102 Å². The summed E-state index contributed by atoms with van der Waals surface area (Å²) in [5, 5.41) is 1.63. The van der Waals surface area contributed by atoms with Crippen molar-refractivity contribution in [3.8, 4) is 22.4 Å². The Morgan fingerprint density at radius 3 is 2.40 bits per heavy atom. The second kappa shape index (κ2) is 8.96. The number of nitrogens with zero attached hydrogens (tertiary/aromatic N) is 4. The van der Waals surface area contributed by atoms with Crippen LogP contribution in [0.1, 0.15) is 16.8 Å². The summed E-state index contributed by atoms with van der Waals surface area (Å²) < 4.78 is 39.5. The molecule has 0 N–H and O–H groups in total. The predicted molar refractivity (Wildman–Crippen MR) is 133 cm³/mol. The molecule has 3 heterocycles. The van der Waals surface area contributed by atoms with Crippen molar-refractivity contribution >= 4 is 20.6 Å². The number of fused-ring (bicyclic) bond motifs is 1. The standard InChI is InChI=1S/C27H21FN4O2S/c1-17-11-19(21-12-18(2)27(28)31-14-21)3-5-24(17)26-25-6-4-23(13-20(25)7-10-30-26)35(33,34)15-22-8-9-29-16-32-22/h3-14,16H,15H2,1-2H3. The average molecular weight is 485 g/mol. The SMILES string of the molecule is Cc1cc(-c2cnc(F)c(C)c2)ccc1-c1nccc2cc(S(=O)(=O)Cc3ccncn3)ccc12. The Bertz CT molecular complexity index is 1670. The molecular weight excluding hydrogens is 463 g/mol. The number of pyridine rings is 2. The van der Waals surface area contributed by atoms with Crippen molar-refractivity contribution < 1.29 is 12.8 Å². The van der Waals surface area contributed by atoms with Gasteiger partial charge in [-0.2, -0.15) is 4.39 Å². The molecule has 0 radical (unpaired) electrons. The first-order valence-corrected chi connectivity index (χ1v) is 12.6. The first kappa shape index (κ1) is 22.7. The van der Waals surface area contributed by atoms with Crippen molar-refractivity contribution in [2.45, 2.75) is 24.5 Å². The lowest BCUT2D eigenvalue weighted by atomic mass is 9.96. The van der Waals surface area contributed by atoms with E-state index in [1.807, 2.05) is 25.1 Å². The van der Waals surface area contributed by atoms with Gasteiger partial charge in [-0.25, -0.2) is 23.4 Å². The maximum Gasteiger partial charge on any atom is 0.215 e. The lowest BCUT2D eigenvalue weighted by Gasteiger charge is -2.12. The Morgan fingerprint density at radius 1 is 0.829 bits per heavy atom. The Balaban J connectivity index is 1.52. The first-order valence-electron chi connectivity index (χ1n) is 10.9. The van der Waals surface area contributed by atoms with E-state index >= 15 is 0 Å². The summed E-state index contributed by atoms with van der Waals surface area (Å²) in [7, 11) is -3.58. The van der Waals surface area contributed by atoms with Crippen molar-refractivity contribution in [1.82, 2.24) is 19.9 Å². The molecule has 0 saturated heterocycles. The molecule has 2 aromatic carbocycles. The second-order valence-corrected chi connectivity index (χ2v) is 10.4. The number of halogens is 1. The molecule has 0 aliphatic heterocycles. The third-order valence-electron chi connectivity index (χ3n) is 5.91. The van der Waals surface area contributed by atoms with Crippen LogP contribution in [0.3, 0.4) is 0 Å². The number of hydrogen-bond donors (Lipinski definition) is 0. The van der Waals surface area contributed by atoms with Crippen molar-refractivity contribution in [3.63, 3.8) is 0 Å². The number of hydrogen-bond acceptors (Lipinski definition) is 6. The summed E-state index contributed by atoms with van der Waals surface area (Å²) >= 11 is 0. The minimum absolute atomic E-state index is 0.197. The Labute approximate surface area is 202 Å². The molecule has 0 bridgehead atoms. The summed E-state index contributed by atoms with van der Waals surface area (Å²) in [6, 6.07) is 16.2. The number of benzene rings is 2. The molecule has 0 amide bonds. The van der Waals surface area contributed by atoms with E-state index in [0.29, 0.717) is 11.3 Å². The van der Waals surface area contributed by atoms with Crippen molar-refractivity contribution in [2.24, 2.45) is 0 Å². The van der Waals surface area contributed by atoms with E-state index in [9.17, 15) is 12.8 Å². The van der Waals surface area contributed by atoms with Gasteiger partial charge < -0.3 is 0 Å². The van der Waals surface area contributed by atoms with E-state index in [1.54, 1.807) is 49.5 Å². The fourth-order valence-electron chi connectivity index (χ4n) is 4.07. The maximum absolute atomic E-state index is 13.6. The second-order valence-electron chi connectivity index (χ2n) is 8.36. The molecule has 5 rings (SSSR count). The maximum atomic E-state index is 13.6. The molecule has 0 spiro atoms. The number of aromatic nitrogens is 4. The van der Waals surface area contributed by atoms with E-state index in [0.717, 1.165) is 38.7 Å². The highest BCUT2D eigenvalue weighted by Crippen LogP contribution is 2.33. The molecule has 0 aliphatic carbocycles. The normalized spacial score (nSPS) is 11.6. The van der Waals surface area contributed by atoms with E-state index in [1.165, 1.54) is 18.7 Å². The van der Waals surface area contributed by atoms with Gasteiger partial charge in [-0.3, -0.25) is 4.98 Å². The van der Waals surface area contributed by atoms with Gasteiger partial charge in [0.1, 0.15) is 6.33 Å². The van der Waals surface area contributed by atoms with Crippen LogP contribution in [0.4, 0.5) is 4.39 Å². The van der Waals surface area contributed by atoms with Gasteiger partial charge in [0.2, 0.25) is 5.95 Å². The van der Waals surface area contributed by atoms with Gasteiger partial charge in [0.15, 0.2) is 9.84 Å². The molecule has 6 nitrogen and oxygen atoms in total. The van der Waals surface area contributed by atoms with Crippen LogP contribution in [0, 0.1) is 19.8 Å². The largest absolute Gasteiger partial charge is 0.256 e. The van der Waals surface area contributed by atoms with Gasteiger partial charge in [-0.15, -0.1) is 0 Å². The highest BCUT2D eigenvalue weighted by molar-refractivity contribution is 7.90. The van der Waals surface area contributed by atoms with Crippen LogP contribution >= 0.6 is 0 Å². The molecule has 0 atom stereocenters. The zero-order chi connectivity index (χ0) is 24.6. The molecule has 8 heteroatoms. The minimum atomic E-state index is -3.58. The smallest absolute Gasteiger partial charge is 0.215 e. The van der Waals surface area contributed by atoms with Crippen LogP contribution in [0.15, 0.2) is 84.4 Å². The van der Waals surface area contributed by atoms with E-state index in [-0.39, 0.29) is 10.6 Å². The molecule has 174 valence electrons. The lowest BCUT2D eigenvalue weighted by Crippen LogP contribution is -2.06. The molecule has 35 heavy (non-hydrogen) atoms. The zero-order valence-electron chi connectivity index (χ0n) is 19.1. The molecule has 0 unspecified atom stereocenters. The molecule has 0 aliphatic rings. The third-order valence-corrected chi connectivity index (χ3v) is 7.55. The fourth-order valence-corrected chi connectivity index (χ4v) is 5.38. The summed E-state index contributed by atoms with van der Waals surface area (Å²) in [5.41, 5.74) is 5.39. The van der Waals surface area contributed by atoms with Crippen LogP contribution in [-0.4, -0.2) is 28.4 Å². The van der Waals surface area contributed by atoms with Gasteiger partial charge in [-0.1, -0.05) is 24.3 Å². The van der Waals surface area contributed by atoms with E-state index in [2.05, 4.69) is 19.9 Å². The van der Waals surface area contributed by atoms with Crippen LogP contribution < -0.4 is 0 Å². The average Bonchev–Trinajstić information content (AvgIpc) is 2.85. The topological polar surface area (TPSA) is 85.7 Å². The van der Waals surface area contributed by atoms with Crippen LogP contribution in [0.2, 0.25) is 0 Å². The van der Waals surface area contributed by atoms with E-state index < -0.39 is 15.8 Å². The third kappa shape index (κ3) is 4.52. The summed E-state index contributed by atoms with van der Waals surface area (Å²) in [4.78, 5) is 16.5.